The van der Waals surface area contributed by atoms with E-state index in [2.05, 4.69) is 10.5 Å². The largest absolute Gasteiger partial charge is 0.360 e. The molecular weight excluding hydrogens is 270 g/mol. The van der Waals surface area contributed by atoms with Crippen molar-refractivity contribution < 1.29 is 14.1 Å². The maximum absolute atomic E-state index is 12.7. The SMILES string of the molecule is CC1C(=O)NC(c2ccccc2)C(=O)N1Cc1ccno1. The van der Waals surface area contributed by atoms with E-state index in [1.165, 1.54) is 11.1 Å². The average Bonchev–Trinajstić information content (AvgIpc) is 3.01. The van der Waals surface area contributed by atoms with E-state index in [1.54, 1.807) is 13.0 Å². The van der Waals surface area contributed by atoms with Crippen LogP contribution in [0.2, 0.25) is 0 Å². The fourth-order valence-electron chi connectivity index (χ4n) is 2.40. The highest BCUT2D eigenvalue weighted by molar-refractivity contribution is 5.97. The van der Waals surface area contributed by atoms with Gasteiger partial charge in [0.1, 0.15) is 12.1 Å². The summed E-state index contributed by atoms with van der Waals surface area (Å²) < 4.78 is 5.03. The number of hydrogen-bond donors (Lipinski definition) is 1. The summed E-state index contributed by atoms with van der Waals surface area (Å²) in [4.78, 5) is 26.3. The molecule has 1 aliphatic heterocycles. The van der Waals surface area contributed by atoms with Crippen LogP contribution in [0.15, 0.2) is 47.1 Å². The van der Waals surface area contributed by atoms with Crippen molar-refractivity contribution in [3.63, 3.8) is 0 Å². The summed E-state index contributed by atoms with van der Waals surface area (Å²) in [6, 6.07) is 9.69. The maximum Gasteiger partial charge on any atom is 0.250 e. The molecule has 108 valence electrons. The summed E-state index contributed by atoms with van der Waals surface area (Å²) in [6.07, 6.45) is 1.52. The van der Waals surface area contributed by atoms with Gasteiger partial charge >= 0.3 is 0 Å². The van der Waals surface area contributed by atoms with Crippen molar-refractivity contribution in [1.82, 2.24) is 15.4 Å². The van der Waals surface area contributed by atoms with Crippen LogP contribution in [0.5, 0.6) is 0 Å². The predicted molar refractivity (Wildman–Crippen MR) is 73.8 cm³/mol. The van der Waals surface area contributed by atoms with Crippen LogP contribution in [-0.4, -0.2) is 27.9 Å². The Morgan fingerprint density at radius 1 is 1.24 bits per heavy atom. The van der Waals surface area contributed by atoms with Crippen molar-refractivity contribution in [3.8, 4) is 0 Å². The number of nitrogens with zero attached hydrogens (tertiary/aromatic N) is 2. The van der Waals surface area contributed by atoms with Crippen molar-refractivity contribution in [2.24, 2.45) is 0 Å². The number of piperazine rings is 1. The number of nitrogens with one attached hydrogen (secondary N) is 1. The zero-order chi connectivity index (χ0) is 14.8. The van der Waals surface area contributed by atoms with E-state index in [0.717, 1.165) is 5.56 Å². The van der Waals surface area contributed by atoms with Crippen LogP contribution < -0.4 is 5.32 Å². The zero-order valence-electron chi connectivity index (χ0n) is 11.5. The van der Waals surface area contributed by atoms with Gasteiger partial charge in [-0.2, -0.15) is 0 Å². The van der Waals surface area contributed by atoms with Crippen LogP contribution in [-0.2, 0) is 16.1 Å². The van der Waals surface area contributed by atoms with E-state index < -0.39 is 12.1 Å². The highest BCUT2D eigenvalue weighted by Crippen LogP contribution is 2.23. The number of carbonyl (C=O) groups excluding carboxylic acids is 2. The Labute approximate surface area is 121 Å². The van der Waals surface area contributed by atoms with Crippen LogP contribution in [0.1, 0.15) is 24.3 Å². The van der Waals surface area contributed by atoms with E-state index in [0.29, 0.717) is 5.76 Å². The van der Waals surface area contributed by atoms with Crippen LogP contribution in [0.3, 0.4) is 0 Å². The van der Waals surface area contributed by atoms with Crippen LogP contribution in [0, 0.1) is 0 Å². The van der Waals surface area contributed by atoms with Crippen molar-refractivity contribution in [2.75, 3.05) is 0 Å². The van der Waals surface area contributed by atoms with E-state index in [4.69, 9.17) is 4.52 Å². The van der Waals surface area contributed by atoms with E-state index in [9.17, 15) is 9.59 Å². The molecule has 1 aromatic heterocycles. The molecule has 0 bridgehead atoms. The van der Waals surface area contributed by atoms with Gasteiger partial charge in [0.25, 0.3) is 5.91 Å². The molecule has 0 aliphatic carbocycles. The van der Waals surface area contributed by atoms with Crippen LogP contribution in [0.4, 0.5) is 0 Å². The summed E-state index contributed by atoms with van der Waals surface area (Å²) >= 11 is 0. The Morgan fingerprint density at radius 2 is 2.00 bits per heavy atom. The van der Waals surface area contributed by atoms with Gasteiger partial charge in [-0.05, 0) is 12.5 Å². The third-order valence-corrected chi connectivity index (χ3v) is 3.61. The second-order valence-electron chi connectivity index (χ2n) is 4.97. The molecule has 6 nitrogen and oxygen atoms in total. The Kier molecular flexibility index (Phi) is 3.43. The lowest BCUT2D eigenvalue weighted by Gasteiger charge is -2.36. The van der Waals surface area contributed by atoms with Gasteiger partial charge in [-0.1, -0.05) is 35.5 Å². The molecule has 0 radical (unpaired) electrons. The quantitative estimate of drug-likeness (QED) is 0.921. The smallest absolute Gasteiger partial charge is 0.250 e. The lowest BCUT2D eigenvalue weighted by Crippen LogP contribution is -2.58. The maximum atomic E-state index is 12.7. The summed E-state index contributed by atoms with van der Waals surface area (Å²) in [6.45, 7) is 1.93. The topological polar surface area (TPSA) is 75.4 Å². The Bertz CT molecular complexity index is 639. The minimum absolute atomic E-state index is 0.148. The van der Waals surface area contributed by atoms with Gasteiger partial charge in [0.15, 0.2) is 5.76 Å². The molecule has 2 heterocycles. The molecule has 2 amide bonds. The van der Waals surface area contributed by atoms with Gasteiger partial charge in [0.05, 0.1) is 12.7 Å². The molecule has 1 aliphatic rings. The normalized spacial score (nSPS) is 22.2. The molecule has 1 saturated heterocycles. The van der Waals surface area contributed by atoms with Crippen molar-refractivity contribution in [2.45, 2.75) is 25.6 Å². The molecule has 1 N–H and O–H groups in total. The minimum atomic E-state index is -0.655. The highest BCUT2D eigenvalue weighted by atomic mass is 16.5. The average molecular weight is 285 g/mol. The number of amides is 2. The number of benzene rings is 1. The second kappa shape index (κ2) is 5.40. The highest BCUT2D eigenvalue weighted by Gasteiger charge is 2.39. The molecule has 2 unspecified atom stereocenters. The predicted octanol–water partition coefficient (Wildman–Crippen LogP) is 1.26. The number of hydrogen-bond acceptors (Lipinski definition) is 4. The Balaban J connectivity index is 1.88. The van der Waals surface area contributed by atoms with Crippen molar-refractivity contribution >= 4 is 11.8 Å². The first-order valence-corrected chi connectivity index (χ1v) is 6.72. The lowest BCUT2D eigenvalue weighted by atomic mass is 10.0. The second-order valence-corrected chi connectivity index (χ2v) is 4.97. The van der Waals surface area contributed by atoms with Crippen molar-refractivity contribution in [3.05, 3.63) is 53.9 Å². The molecule has 1 fully saturated rings. The fraction of sp³-hybridized carbons (Fsp3) is 0.267. The standard InChI is InChI=1S/C15H15N3O3/c1-10-14(19)17-13(11-5-3-2-4-6-11)15(20)18(10)9-12-7-8-16-21-12/h2-8,10,13H,9H2,1H3,(H,17,19). The van der Waals surface area contributed by atoms with Crippen molar-refractivity contribution in [1.29, 1.82) is 0 Å². The summed E-state index contributed by atoms with van der Waals surface area (Å²) in [5.41, 5.74) is 0.769. The summed E-state index contributed by atoms with van der Waals surface area (Å²) in [7, 11) is 0. The third-order valence-electron chi connectivity index (χ3n) is 3.61. The monoisotopic (exact) mass is 285 g/mol. The molecule has 0 saturated carbocycles. The van der Waals surface area contributed by atoms with Gasteiger partial charge in [-0.15, -0.1) is 0 Å². The first kappa shape index (κ1) is 13.4. The van der Waals surface area contributed by atoms with E-state index >= 15 is 0 Å². The lowest BCUT2D eigenvalue weighted by molar-refractivity contribution is -0.149. The zero-order valence-corrected chi connectivity index (χ0v) is 11.5. The Morgan fingerprint density at radius 3 is 2.67 bits per heavy atom. The van der Waals surface area contributed by atoms with Gasteiger partial charge in [-0.25, -0.2) is 0 Å². The molecule has 2 aromatic rings. The number of aromatic nitrogens is 1. The van der Waals surface area contributed by atoms with Gasteiger partial charge in [0, 0.05) is 6.07 Å². The van der Waals surface area contributed by atoms with Gasteiger partial charge in [-0.3, -0.25) is 9.59 Å². The first-order valence-electron chi connectivity index (χ1n) is 6.72. The molecule has 0 spiro atoms. The molecule has 1 aromatic carbocycles. The van der Waals surface area contributed by atoms with E-state index in [-0.39, 0.29) is 18.4 Å². The fourth-order valence-corrected chi connectivity index (χ4v) is 2.40. The van der Waals surface area contributed by atoms with Gasteiger partial charge in [0.2, 0.25) is 5.91 Å². The van der Waals surface area contributed by atoms with Crippen LogP contribution in [0.25, 0.3) is 0 Å². The number of rotatable bonds is 3. The molecule has 3 rings (SSSR count). The molecular formula is C15H15N3O3. The molecule has 21 heavy (non-hydrogen) atoms. The minimum Gasteiger partial charge on any atom is -0.360 e. The van der Waals surface area contributed by atoms with Crippen LogP contribution >= 0.6 is 0 Å². The molecule has 2 atom stereocenters. The Hall–Kier alpha value is -2.63. The summed E-state index contributed by atoms with van der Waals surface area (Å²) in [5, 5.41) is 6.39. The molecule has 6 heteroatoms. The first-order chi connectivity index (χ1) is 10.2. The third kappa shape index (κ3) is 2.52. The van der Waals surface area contributed by atoms with E-state index in [1.807, 2.05) is 30.3 Å². The summed E-state index contributed by atoms with van der Waals surface area (Å²) in [5.74, 6) is 0.226. The number of carbonyl (C=O) groups is 2. The van der Waals surface area contributed by atoms with Gasteiger partial charge < -0.3 is 14.7 Å².